The molecule has 0 spiro atoms. The molecule has 1 aromatic carbocycles. The van der Waals surface area contributed by atoms with E-state index in [9.17, 15) is 14.0 Å². The fraction of sp³-hybridized carbons (Fsp3) is 0.500. The molecule has 0 aromatic heterocycles. The Morgan fingerprint density at radius 1 is 1.16 bits per heavy atom. The largest absolute Gasteiger partial charge is 0.343 e. The first-order chi connectivity index (χ1) is 12.0. The second kappa shape index (κ2) is 7.81. The number of rotatable bonds is 3. The maximum absolute atomic E-state index is 13.1. The van der Waals surface area contributed by atoms with E-state index in [-0.39, 0.29) is 23.5 Å². The van der Waals surface area contributed by atoms with E-state index in [2.05, 4.69) is 6.08 Å². The van der Waals surface area contributed by atoms with Gasteiger partial charge in [0, 0.05) is 39.0 Å². The van der Waals surface area contributed by atoms with Crippen LogP contribution < -0.4 is 0 Å². The Morgan fingerprint density at radius 2 is 1.84 bits per heavy atom. The molecule has 0 aliphatic carbocycles. The summed E-state index contributed by atoms with van der Waals surface area (Å²) >= 11 is 0. The fourth-order valence-corrected chi connectivity index (χ4v) is 3.83. The second-order valence-electron chi connectivity index (χ2n) is 7.00. The second-order valence-corrected chi connectivity index (χ2v) is 7.00. The van der Waals surface area contributed by atoms with Gasteiger partial charge in [-0.1, -0.05) is 24.3 Å². The summed E-state index contributed by atoms with van der Waals surface area (Å²) in [6.45, 7) is 4.19. The number of hydrogen-bond acceptors (Lipinski definition) is 2. The predicted octanol–water partition coefficient (Wildman–Crippen LogP) is 2.99. The van der Waals surface area contributed by atoms with E-state index < -0.39 is 0 Å². The van der Waals surface area contributed by atoms with Crippen molar-refractivity contribution in [1.29, 1.82) is 0 Å². The highest BCUT2D eigenvalue weighted by atomic mass is 19.1. The van der Waals surface area contributed by atoms with Crippen molar-refractivity contribution in [3.8, 4) is 0 Å². The topological polar surface area (TPSA) is 40.6 Å². The lowest BCUT2D eigenvalue weighted by Crippen LogP contribution is -2.43. The molecule has 2 aliphatic rings. The van der Waals surface area contributed by atoms with E-state index in [4.69, 9.17) is 0 Å². The van der Waals surface area contributed by atoms with Crippen LogP contribution in [0.5, 0.6) is 0 Å². The van der Waals surface area contributed by atoms with E-state index in [1.807, 2.05) is 15.9 Å². The number of carbonyl (C=O) groups excluding carboxylic acids is 2. The minimum Gasteiger partial charge on any atom is -0.343 e. The SMILES string of the molecule is CC(=O)N1CCC([C@@H]2CC=CCN(Cc3ccc(F)cc3)C2=O)CC1. The number of halogens is 1. The summed E-state index contributed by atoms with van der Waals surface area (Å²) in [6.07, 6.45) is 6.68. The highest BCUT2D eigenvalue weighted by molar-refractivity contribution is 5.80. The van der Waals surface area contributed by atoms with Gasteiger partial charge in [0.1, 0.15) is 5.82 Å². The van der Waals surface area contributed by atoms with Gasteiger partial charge in [0.15, 0.2) is 0 Å². The molecule has 0 N–H and O–H groups in total. The number of benzene rings is 1. The van der Waals surface area contributed by atoms with Crippen LogP contribution in [0.25, 0.3) is 0 Å². The van der Waals surface area contributed by atoms with E-state index in [0.717, 1.165) is 37.9 Å². The zero-order valence-corrected chi connectivity index (χ0v) is 14.7. The first-order valence-corrected chi connectivity index (χ1v) is 8.98. The number of carbonyl (C=O) groups is 2. The Balaban J connectivity index is 1.66. The van der Waals surface area contributed by atoms with Crippen molar-refractivity contribution in [2.45, 2.75) is 32.7 Å². The van der Waals surface area contributed by atoms with E-state index in [1.165, 1.54) is 12.1 Å². The monoisotopic (exact) mass is 344 g/mol. The summed E-state index contributed by atoms with van der Waals surface area (Å²) in [5, 5.41) is 0. The van der Waals surface area contributed by atoms with Crippen LogP contribution in [-0.4, -0.2) is 41.2 Å². The van der Waals surface area contributed by atoms with Gasteiger partial charge in [0.25, 0.3) is 0 Å². The average Bonchev–Trinajstić information content (AvgIpc) is 2.79. The average molecular weight is 344 g/mol. The van der Waals surface area contributed by atoms with Crippen LogP contribution in [0.3, 0.4) is 0 Å². The molecule has 4 nitrogen and oxygen atoms in total. The van der Waals surface area contributed by atoms with Gasteiger partial charge >= 0.3 is 0 Å². The normalized spacial score (nSPS) is 22.2. The number of nitrogens with zero attached hydrogens (tertiary/aromatic N) is 2. The summed E-state index contributed by atoms with van der Waals surface area (Å²) in [4.78, 5) is 28.3. The Morgan fingerprint density at radius 3 is 2.48 bits per heavy atom. The van der Waals surface area contributed by atoms with Gasteiger partial charge < -0.3 is 9.80 Å². The number of piperidine rings is 1. The molecule has 1 aromatic rings. The van der Waals surface area contributed by atoms with Crippen LogP contribution in [0, 0.1) is 17.7 Å². The summed E-state index contributed by atoms with van der Waals surface area (Å²) in [6, 6.07) is 6.33. The zero-order chi connectivity index (χ0) is 17.8. The molecule has 1 saturated heterocycles. The molecule has 1 fully saturated rings. The van der Waals surface area contributed by atoms with Gasteiger partial charge in [-0.05, 0) is 42.9 Å². The van der Waals surface area contributed by atoms with Crippen molar-refractivity contribution >= 4 is 11.8 Å². The van der Waals surface area contributed by atoms with Crippen molar-refractivity contribution in [3.63, 3.8) is 0 Å². The molecule has 25 heavy (non-hydrogen) atoms. The van der Waals surface area contributed by atoms with Crippen LogP contribution >= 0.6 is 0 Å². The number of allylic oxidation sites excluding steroid dienone is 1. The highest BCUT2D eigenvalue weighted by Crippen LogP contribution is 2.31. The Hall–Kier alpha value is -2.17. The molecular formula is C20H25FN2O2. The standard InChI is InChI=1S/C20H25FN2O2/c1-15(24)22-12-9-17(10-13-22)19-4-2-3-11-23(20(19)25)14-16-5-7-18(21)8-6-16/h2-3,5-8,17,19H,4,9-14H2,1H3/t19-/m0/s1. The summed E-state index contributed by atoms with van der Waals surface area (Å²) < 4.78 is 13.1. The van der Waals surface area contributed by atoms with E-state index >= 15 is 0 Å². The molecule has 2 amide bonds. The zero-order valence-electron chi connectivity index (χ0n) is 14.7. The smallest absolute Gasteiger partial charge is 0.226 e. The molecule has 3 rings (SSSR count). The van der Waals surface area contributed by atoms with E-state index in [1.54, 1.807) is 19.1 Å². The molecule has 0 radical (unpaired) electrons. The third kappa shape index (κ3) is 4.27. The Bertz CT molecular complexity index is 648. The van der Waals surface area contributed by atoms with Crippen LogP contribution in [0.4, 0.5) is 4.39 Å². The lowest BCUT2D eigenvalue weighted by molar-refractivity contribution is -0.138. The first kappa shape index (κ1) is 17.6. The van der Waals surface area contributed by atoms with Crippen LogP contribution in [0.15, 0.2) is 36.4 Å². The Labute approximate surface area is 148 Å². The van der Waals surface area contributed by atoms with Crippen molar-refractivity contribution in [3.05, 3.63) is 47.8 Å². The minimum absolute atomic E-state index is 0.0201. The Kier molecular flexibility index (Phi) is 5.51. The molecular weight excluding hydrogens is 319 g/mol. The third-order valence-electron chi connectivity index (χ3n) is 5.35. The summed E-state index contributed by atoms with van der Waals surface area (Å²) in [5.74, 6) is 0.329. The summed E-state index contributed by atoms with van der Waals surface area (Å²) in [5.41, 5.74) is 0.940. The molecule has 134 valence electrons. The molecule has 1 atom stereocenters. The molecule has 2 aliphatic heterocycles. The third-order valence-corrected chi connectivity index (χ3v) is 5.35. The molecule has 0 saturated carbocycles. The lowest BCUT2D eigenvalue weighted by Gasteiger charge is -2.36. The quantitative estimate of drug-likeness (QED) is 0.791. The maximum Gasteiger partial charge on any atom is 0.226 e. The van der Waals surface area contributed by atoms with Gasteiger partial charge in [0.2, 0.25) is 11.8 Å². The van der Waals surface area contributed by atoms with Gasteiger partial charge in [-0.3, -0.25) is 9.59 Å². The van der Waals surface area contributed by atoms with Gasteiger partial charge in [0.05, 0.1) is 0 Å². The van der Waals surface area contributed by atoms with Crippen LogP contribution in [-0.2, 0) is 16.1 Å². The molecule has 5 heteroatoms. The molecule has 0 bridgehead atoms. The maximum atomic E-state index is 13.1. The van der Waals surface area contributed by atoms with Crippen LogP contribution in [0.1, 0.15) is 31.7 Å². The van der Waals surface area contributed by atoms with Gasteiger partial charge in [-0.2, -0.15) is 0 Å². The number of likely N-dealkylation sites (tertiary alicyclic amines) is 1. The van der Waals surface area contributed by atoms with Gasteiger partial charge in [-0.25, -0.2) is 4.39 Å². The van der Waals surface area contributed by atoms with Crippen molar-refractivity contribution in [2.24, 2.45) is 11.8 Å². The number of amides is 2. The highest BCUT2D eigenvalue weighted by Gasteiger charge is 2.34. The van der Waals surface area contributed by atoms with Crippen molar-refractivity contribution in [2.75, 3.05) is 19.6 Å². The number of hydrogen-bond donors (Lipinski definition) is 0. The minimum atomic E-state index is -0.263. The van der Waals surface area contributed by atoms with E-state index in [0.29, 0.717) is 19.0 Å². The summed E-state index contributed by atoms with van der Waals surface area (Å²) in [7, 11) is 0. The van der Waals surface area contributed by atoms with Crippen molar-refractivity contribution in [1.82, 2.24) is 9.80 Å². The predicted molar refractivity (Wildman–Crippen MR) is 94.0 cm³/mol. The van der Waals surface area contributed by atoms with Crippen LogP contribution in [0.2, 0.25) is 0 Å². The molecule has 0 unspecified atom stereocenters. The lowest BCUT2D eigenvalue weighted by atomic mass is 9.81. The first-order valence-electron chi connectivity index (χ1n) is 8.98. The van der Waals surface area contributed by atoms with Gasteiger partial charge in [-0.15, -0.1) is 0 Å². The fourth-order valence-electron chi connectivity index (χ4n) is 3.83. The molecule has 2 heterocycles. The van der Waals surface area contributed by atoms with Crippen molar-refractivity contribution < 1.29 is 14.0 Å².